The highest BCUT2D eigenvalue weighted by Gasteiger charge is 2.52. The van der Waals surface area contributed by atoms with E-state index in [4.69, 9.17) is 9.47 Å². The fraction of sp³-hybridized carbons (Fsp3) is 0.625. The van der Waals surface area contributed by atoms with Crippen LogP contribution in [0.15, 0.2) is 18.5 Å². The van der Waals surface area contributed by atoms with Crippen LogP contribution in [0.4, 0.5) is 5.82 Å². The Labute approximate surface area is 198 Å². The SMILES string of the molecule is CCC(CC)C(=O)Nc1ncnn2c([C@]3(C#N)O[C@@H](COC(=O)CC4CCC4)C[C@H]3O)ccc12. The lowest BCUT2D eigenvalue weighted by atomic mass is 9.83. The number of esters is 1. The molecule has 4 rings (SSSR count). The van der Waals surface area contributed by atoms with Gasteiger partial charge in [-0.1, -0.05) is 20.3 Å². The Balaban J connectivity index is 1.52. The Kier molecular flexibility index (Phi) is 7.14. The van der Waals surface area contributed by atoms with E-state index in [1.807, 2.05) is 13.8 Å². The standard InChI is InChI=1S/C24H31N5O5/c1-3-16(4-2)23(32)28-22-18-8-9-19(29(18)27-14-26-22)24(13-25)20(30)11-17(34-24)12-33-21(31)10-15-6-5-7-15/h8-9,14-17,20,30H,3-7,10-12H2,1-2H3,(H,26,27,28,32)/t17-,20-,24+/m1/s1. The van der Waals surface area contributed by atoms with Crippen LogP contribution < -0.4 is 5.32 Å². The maximum Gasteiger partial charge on any atom is 0.306 e. The molecule has 1 saturated carbocycles. The first kappa shape index (κ1) is 24.1. The zero-order chi connectivity index (χ0) is 24.3. The summed E-state index contributed by atoms with van der Waals surface area (Å²) >= 11 is 0. The molecule has 2 aromatic rings. The monoisotopic (exact) mass is 469 g/mol. The smallest absolute Gasteiger partial charge is 0.306 e. The average molecular weight is 470 g/mol. The molecule has 0 bridgehead atoms. The lowest BCUT2D eigenvalue weighted by molar-refractivity contribution is -0.151. The number of hydrogen-bond acceptors (Lipinski definition) is 8. The highest BCUT2D eigenvalue weighted by Crippen LogP contribution is 2.40. The Bertz CT molecular complexity index is 1090. The summed E-state index contributed by atoms with van der Waals surface area (Å²) in [7, 11) is 0. The van der Waals surface area contributed by atoms with E-state index in [2.05, 4.69) is 21.5 Å². The molecule has 0 spiro atoms. The number of aliphatic hydroxyl groups is 1. The molecule has 1 amide bonds. The van der Waals surface area contributed by atoms with Crippen LogP contribution in [0.25, 0.3) is 5.52 Å². The molecule has 1 aliphatic heterocycles. The van der Waals surface area contributed by atoms with Crippen molar-refractivity contribution in [1.29, 1.82) is 5.26 Å². The molecule has 0 unspecified atom stereocenters. The average Bonchev–Trinajstić information content (AvgIpc) is 3.38. The third kappa shape index (κ3) is 4.50. The van der Waals surface area contributed by atoms with Crippen molar-refractivity contribution in [2.45, 2.75) is 76.6 Å². The number of anilines is 1. The molecule has 1 saturated heterocycles. The van der Waals surface area contributed by atoms with Crippen LogP contribution in [-0.4, -0.2) is 50.4 Å². The predicted octanol–water partition coefficient (Wildman–Crippen LogP) is 2.71. The molecule has 10 nitrogen and oxygen atoms in total. The minimum absolute atomic E-state index is 0.0267. The number of nitriles is 1. The Hall–Kier alpha value is -3.03. The van der Waals surface area contributed by atoms with Gasteiger partial charge < -0.3 is 19.9 Å². The number of amides is 1. The lowest BCUT2D eigenvalue weighted by Crippen LogP contribution is -2.37. The molecule has 2 aliphatic rings. The molecule has 2 fully saturated rings. The maximum absolute atomic E-state index is 12.6. The molecule has 182 valence electrons. The van der Waals surface area contributed by atoms with E-state index >= 15 is 0 Å². The van der Waals surface area contributed by atoms with Gasteiger partial charge in [-0.2, -0.15) is 10.4 Å². The van der Waals surface area contributed by atoms with Crippen molar-refractivity contribution in [3.05, 3.63) is 24.2 Å². The summed E-state index contributed by atoms with van der Waals surface area (Å²) in [6, 6.07) is 5.42. The number of ether oxygens (including phenoxy) is 2. The van der Waals surface area contributed by atoms with Crippen LogP contribution in [0, 0.1) is 23.2 Å². The van der Waals surface area contributed by atoms with Crippen LogP contribution >= 0.6 is 0 Å². The molecule has 0 aromatic carbocycles. The molecular formula is C24H31N5O5. The van der Waals surface area contributed by atoms with Crippen molar-refractivity contribution in [2.75, 3.05) is 11.9 Å². The van der Waals surface area contributed by atoms with Gasteiger partial charge in [-0.15, -0.1) is 0 Å². The van der Waals surface area contributed by atoms with Crippen molar-refractivity contribution in [2.24, 2.45) is 11.8 Å². The minimum atomic E-state index is -1.69. The van der Waals surface area contributed by atoms with Crippen molar-refractivity contribution in [3.63, 3.8) is 0 Å². The summed E-state index contributed by atoms with van der Waals surface area (Å²) in [6.07, 6.45) is 4.71. The zero-order valence-corrected chi connectivity index (χ0v) is 19.6. The third-order valence-electron chi connectivity index (χ3n) is 7.01. The van der Waals surface area contributed by atoms with Crippen LogP contribution in [0.2, 0.25) is 0 Å². The zero-order valence-electron chi connectivity index (χ0n) is 19.6. The second-order valence-corrected chi connectivity index (χ2v) is 9.15. The van der Waals surface area contributed by atoms with E-state index in [0.29, 0.717) is 42.2 Å². The summed E-state index contributed by atoms with van der Waals surface area (Å²) in [5.74, 6) is 0.162. The van der Waals surface area contributed by atoms with Crippen molar-refractivity contribution in [1.82, 2.24) is 14.6 Å². The van der Waals surface area contributed by atoms with Gasteiger partial charge in [0.15, 0.2) is 5.82 Å². The van der Waals surface area contributed by atoms with E-state index in [9.17, 15) is 20.0 Å². The number of carbonyl (C=O) groups is 2. The van der Waals surface area contributed by atoms with E-state index in [0.717, 1.165) is 19.3 Å². The van der Waals surface area contributed by atoms with E-state index in [1.165, 1.54) is 10.8 Å². The fourth-order valence-corrected chi connectivity index (χ4v) is 4.66. The third-order valence-corrected chi connectivity index (χ3v) is 7.01. The largest absolute Gasteiger partial charge is 0.463 e. The van der Waals surface area contributed by atoms with Crippen molar-refractivity contribution >= 4 is 23.2 Å². The van der Waals surface area contributed by atoms with Crippen LogP contribution in [0.5, 0.6) is 0 Å². The van der Waals surface area contributed by atoms with E-state index in [1.54, 1.807) is 12.1 Å². The first-order valence-electron chi connectivity index (χ1n) is 12.0. The summed E-state index contributed by atoms with van der Waals surface area (Å²) in [4.78, 5) is 28.8. The first-order valence-corrected chi connectivity index (χ1v) is 12.0. The minimum Gasteiger partial charge on any atom is -0.463 e. The van der Waals surface area contributed by atoms with Crippen LogP contribution in [0.3, 0.4) is 0 Å². The quantitative estimate of drug-likeness (QED) is 0.535. The molecule has 2 N–H and O–H groups in total. The van der Waals surface area contributed by atoms with Gasteiger partial charge in [-0.05, 0) is 43.7 Å². The molecule has 0 radical (unpaired) electrons. The van der Waals surface area contributed by atoms with Gasteiger partial charge in [-0.25, -0.2) is 9.50 Å². The normalized spacial score (nSPS) is 24.7. The van der Waals surface area contributed by atoms with Gasteiger partial charge in [-0.3, -0.25) is 9.59 Å². The summed E-state index contributed by atoms with van der Waals surface area (Å²) in [5, 5.41) is 28.0. The van der Waals surface area contributed by atoms with Gasteiger partial charge in [0.25, 0.3) is 0 Å². The second kappa shape index (κ2) is 10.1. The fourth-order valence-electron chi connectivity index (χ4n) is 4.66. The van der Waals surface area contributed by atoms with Gasteiger partial charge in [0.05, 0.1) is 11.8 Å². The summed E-state index contributed by atoms with van der Waals surface area (Å²) < 4.78 is 12.8. The van der Waals surface area contributed by atoms with Crippen LogP contribution in [-0.2, 0) is 24.7 Å². The maximum atomic E-state index is 12.6. The first-order chi connectivity index (χ1) is 16.4. The lowest BCUT2D eigenvalue weighted by Gasteiger charge is -2.25. The van der Waals surface area contributed by atoms with E-state index in [-0.39, 0.29) is 30.8 Å². The number of aliphatic hydroxyl groups excluding tert-OH is 1. The number of rotatable bonds is 9. The molecular weight excluding hydrogens is 438 g/mol. The van der Waals surface area contributed by atoms with Crippen LogP contribution in [0.1, 0.15) is 64.5 Å². The number of hydrogen-bond donors (Lipinski definition) is 2. The molecule has 2 aromatic heterocycles. The number of nitrogens with one attached hydrogen (secondary N) is 1. The summed E-state index contributed by atoms with van der Waals surface area (Å²) in [5.41, 5.74) is -0.888. The molecule has 10 heteroatoms. The number of carbonyl (C=O) groups excluding carboxylic acids is 2. The number of aromatic nitrogens is 3. The van der Waals surface area contributed by atoms with Crippen molar-refractivity contribution in [3.8, 4) is 6.07 Å². The Morgan fingerprint density at radius 2 is 2.15 bits per heavy atom. The van der Waals surface area contributed by atoms with Gasteiger partial charge in [0.2, 0.25) is 11.5 Å². The Morgan fingerprint density at radius 1 is 1.38 bits per heavy atom. The summed E-state index contributed by atoms with van der Waals surface area (Å²) in [6.45, 7) is 3.88. The molecule has 3 heterocycles. The number of nitrogens with zero attached hydrogens (tertiary/aromatic N) is 4. The molecule has 3 atom stereocenters. The second-order valence-electron chi connectivity index (χ2n) is 9.15. The van der Waals surface area contributed by atoms with Gasteiger partial charge in [0, 0.05) is 18.8 Å². The van der Waals surface area contributed by atoms with Gasteiger partial charge in [0.1, 0.15) is 30.6 Å². The van der Waals surface area contributed by atoms with Gasteiger partial charge >= 0.3 is 5.97 Å². The van der Waals surface area contributed by atoms with Crippen molar-refractivity contribution < 1.29 is 24.2 Å². The Morgan fingerprint density at radius 3 is 2.79 bits per heavy atom. The van der Waals surface area contributed by atoms with E-state index < -0.39 is 17.8 Å². The highest BCUT2D eigenvalue weighted by atomic mass is 16.6. The topological polar surface area (TPSA) is 139 Å². The molecule has 1 aliphatic carbocycles. The highest BCUT2D eigenvalue weighted by molar-refractivity contribution is 5.95. The predicted molar refractivity (Wildman–Crippen MR) is 121 cm³/mol. The molecule has 34 heavy (non-hydrogen) atoms. The number of fused-ring (bicyclic) bond motifs is 1.